The summed E-state index contributed by atoms with van der Waals surface area (Å²) in [4.78, 5) is 14.1. The molecule has 140 valence electrons. The van der Waals surface area contributed by atoms with E-state index < -0.39 is 14.8 Å². The predicted octanol–water partition coefficient (Wildman–Crippen LogP) is 2.23. The standard InChI is InChI=1S/C14H25N5O5Si/c1-5-22-25(23-6-2,24-7-3)10-8-9-17-13(18-19-16)12(11-15)14(20)21-4/h17H,5-10H2,1-4H3/b13-12+. The molecule has 11 heteroatoms. The number of carbonyl (C=O) groups excluding carboxylic acids is 1. The monoisotopic (exact) mass is 371 g/mol. The van der Waals surface area contributed by atoms with Gasteiger partial charge in [0.2, 0.25) is 0 Å². The Morgan fingerprint density at radius 2 is 1.80 bits per heavy atom. The third-order valence-electron chi connectivity index (χ3n) is 2.93. The topological polar surface area (TPSA) is 139 Å². The van der Waals surface area contributed by atoms with Crippen LogP contribution in [0.2, 0.25) is 6.04 Å². The quantitative estimate of drug-likeness (QED) is 0.0765. The second-order valence-corrected chi connectivity index (χ2v) is 7.26. The van der Waals surface area contributed by atoms with E-state index in [0.29, 0.717) is 38.8 Å². The van der Waals surface area contributed by atoms with Crippen molar-refractivity contribution in [2.24, 2.45) is 5.11 Å². The fraction of sp³-hybridized carbons (Fsp3) is 0.714. The third kappa shape index (κ3) is 8.02. The van der Waals surface area contributed by atoms with E-state index in [-0.39, 0.29) is 11.4 Å². The molecule has 10 nitrogen and oxygen atoms in total. The molecule has 1 N–H and O–H groups in total. The van der Waals surface area contributed by atoms with Gasteiger partial charge in [0, 0.05) is 37.3 Å². The van der Waals surface area contributed by atoms with Crippen molar-refractivity contribution in [3.8, 4) is 6.07 Å². The molecule has 0 aromatic heterocycles. The average Bonchev–Trinajstić information content (AvgIpc) is 2.59. The average molecular weight is 371 g/mol. The van der Waals surface area contributed by atoms with Crippen LogP contribution >= 0.6 is 0 Å². The van der Waals surface area contributed by atoms with E-state index in [1.165, 1.54) is 0 Å². The second-order valence-electron chi connectivity index (χ2n) is 4.53. The van der Waals surface area contributed by atoms with Crippen molar-refractivity contribution in [3.05, 3.63) is 21.8 Å². The van der Waals surface area contributed by atoms with Gasteiger partial charge in [0.25, 0.3) is 0 Å². The fourth-order valence-electron chi connectivity index (χ4n) is 2.03. The van der Waals surface area contributed by atoms with Crippen LogP contribution in [-0.2, 0) is 22.8 Å². The zero-order chi connectivity index (χ0) is 19.1. The number of methoxy groups -OCH3 is 1. The maximum absolute atomic E-state index is 11.5. The number of rotatable bonds is 13. The first-order valence-electron chi connectivity index (χ1n) is 7.97. The summed E-state index contributed by atoms with van der Waals surface area (Å²) in [6.07, 6.45) is 0.566. The van der Waals surface area contributed by atoms with Gasteiger partial charge in [0.1, 0.15) is 11.9 Å². The minimum Gasteiger partial charge on any atom is -0.465 e. The molecule has 0 bridgehead atoms. The van der Waals surface area contributed by atoms with Crippen LogP contribution < -0.4 is 5.32 Å². The van der Waals surface area contributed by atoms with Crippen molar-refractivity contribution in [1.82, 2.24) is 5.32 Å². The Morgan fingerprint density at radius 3 is 2.20 bits per heavy atom. The molecule has 0 aliphatic heterocycles. The molecule has 0 spiro atoms. The van der Waals surface area contributed by atoms with Gasteiger partial charge < -0.3 is 23.3 Å². The Bertz CT molecular complexity index is 525. The number of nitriles is 1. The number of ether oxygens (including phenoxy) is 1. The lowest BCUT2D eigenvalue weighted by Crippen LogP contribution is -2.46. The van der Waals surface area contributed by atoms with E-state index in [0.717, 1.165) is 7.11 Å². The number of esters is 1. The SMILES string of the molecule is CCO[Si](CCCN/C(N=[N+]=[N-])=C(/C#N)C(=O)OC)(OCC)OCC. The van der Waals surface area contributed by atoms with Crippen LogP contribution in [0.5, 0.6) is 0 Å². The van der Waals surface area contributed by atoms with E-state index >= 15 is 0 Å². The summed E-state index contributed by atoms with van der Waals surface area (Å²) in [7, 11) is -1.63. The summed E-state index contributed by atoms with van der Waals surface area (Å²) in [6, 6.07) is 2.21. The molecule has 0 aliphatic carbocycles. The first-order chi connectivity index (χ1) is 12.0. The predicted molar refractivity (Wildman–Crippen MR) is 91.9 cm³/mol. The number of nitrogens with one attached hydrogen (secondary N) is 1. The minimum absolute atomic E-state index is 0.173. The van der Waals surface area contributed by atoms with Crippen molar-refractivity contribution in [1.29, 1.82) is 5.26 Å². The lowest BCUT2D eigenvalue weighted by Gasteiger charge is -2.28. The van der Waals surface area contributed by atoms with Gasteiger partial charge in [-0.1, -0.05) is 0 Å². The lowest BCUT2D eigenvalue weighted by molar-refractivity contribution is -0.135. The molecular weight excluding hydrogens is 346 g/mol. The van der Waals surface area contributed by atoms with Gasteiger partial charge in [-0.25, -0.2) is 4.79 Å². The molecule has 0 aromatic rings. The Labute approximate surface area is 148 Å². The molecular formula is C14H25N5O5Si. The molecule has 0 rings (SSSR count). The van der Waals surface area contributed by atoms with E-state index in [9.17, 15) is 4.79 Å². The fourth-order valence-corrected chi connectivity index (χ4v) is 4.64. The molecule has 0 unspecified atom stereocenters. The molecule has 0 radical (unpaired) electrons. The molecule has 0 saturated carbocycles. The molecule has 0 aromatic carbocycles. The maximum Gasteiger partial charge on any atom is 0.500 e. The largest absolute Gasteiger partial charge is 0.500 e. The number of hydrogen-bond acceptors (Lipinski definition) is 8. The number of carbonyl (C=O) groups is 1. The summed E-state index contributed by atoms with van der Waals surface area (Å²) in [5.41, 5.74) is 8.21. The molecule has 0 aliphatic rings. The third-order valence-corrected chi connectivity index (χ3v) is 6.08. The zero-order valence-electron chi connectivity index (χ0n) is 15.1. The number of hydrogen-bond donors (Lipinski definition) is 1. The van der Waals surface area contributed by atoms with Crippen molar-refractivity contribution >= 4 is 14.8 Å². The highest BCUT2D eigenvalue weighted by Gasteiger charge is 2.39. The second kappa shape index (κ2) is 13.2. The van der Waals surface area contributed by atoms with Crippen molar-refractivity contribution in [3.63, 3.8) is 0 Å². The van der Waals surface area contributed by atoms with Gasteiger partial charge in [-0.15, -0.1) is 0 Å². The molecule has 0 amide bonds. The summed E-state index contributed by atoms with van der Waals surface area (Å²) < 4.78 is 21.7. The Balaban J connectivity index is 4.98. The van der Waals surface area contributed by atoms with Gasteiger partial charge in [-0.05, 0) is 37.8 Å². The van der Waals surface area contributed by atoms with Gasteiger partial charge in [-0.2, -0.15) is 5.26 Å². The highest BCUT2D eigenvalue weighted by atomic mass is 28.4. The maximum atomic E-state index is 11.5. The van der Waals surface area contributed by atoms with Gasteiger partial charge in [-0.3, -0.25) is 0 Å². The summed E-state index contributed by atoms with van der Waals surface area (Å²) in [6.45, 7) is 7.38. The molecule has 0 atom stereocenters. The van der Waals surface area contributed by atoms with Crippen LogP contribution in [0.25, 0.3) is 10.4 Å². The van der Waals surface area contributed by atoms with Crippen LogP contribution in [0.3, 0.4) is 0 Å². The number of nitrogens with zero attached hydrogens (tertiary/aromatic N) is 4. The van der Waals surface area contributed by atoms with Crippen molar-refractivity contribution in [2.75, 3.05) is 33.5 Å². The first-order valence-corrected chi connectivity index (χ1v) is 9.90. The van der Waals surface area contributed by atoms with Gasteiger partial charge >= 0.3 is 14.8 Å². The molecule has 25 heavy (non-hydrogen) atoms. The lowest BCUT2D eigenvalue weighted by atomic mass is 10.3. The molecule has 0 heterocycles. The van der Waals surface area contributed by atoms with Crippen LogP contribution in [0.15, 0.2) is 16.5 Å². The van der Waals surface area contributed by atoms with Crippen molar-refractivity contribution in [2.45, 2.75) is 33.2 Å². The van der Waals surface area contributed by atoms with Gasteiger partial charge in [0.15, 0.2) is 5.57 Å². The van der Waals surface area contributed by atoms with E-state index in [4.69, 9.17) is 24.1 Å². The van der Waals surface area contributed by atoms with Crippen LogP contribution in [0.4, 0.5) is 0 Å². The Hall–Kier alpha value is -2.09. The van der Waals surface area contributed by atoms with E-state index in [1.54, 1.807) is 6.07 Å². The van der Waals surface area contributed by atoms with Crippen LogP contribution in [0, 0.1) is 11.3 Å². The first kappa shape index (κ1) is 22.9. The highest BCUT2D eigenvalue weighted by molar-refractivity contribution is 6.60. The summed E-state index contributed by atoms with van der Waals surface area (Å²) >= 11 is 0. The molecule has 0 fully saturated rings. The Kier molecular flexibility index (Phi) is 12.1. The van der Waals surface area contributed by atoms with E-state index in [1.807, 2.05) is 20.8 Å². The number of azide groups is 1. The Morgan fingerprint density at radius 1 is 1.24 bits per heavy atom. The smallest absolute Gasteiger partial charge is 0.465 e. The molecule has 0 saturated heterocycles. The zero-order valence-corrected chi connectivity index (χ0v) is 16.1. The minimum atomic E-state index is -2.77. The van der Waals surface area contributed by atoms with E-state index in [2.05, 4.69) is 20.1 Å². The van der Waals surface area contributed by atoms with Gasteiger partial charge in [0.05, 0.1) is 7.11 Å². The summed E-state index contributed by atoms with van der Waals surface area (Å²) in [5.74, 6) is -1.05. The van der Waals surface area contributed by atoms with Crippen LogP contribution in [-0.4, -0.2) is 48.2 Å². The van der Waals surface area contributed by atoms with Crippen LogP contribution in [0.1, 0.15) is 27.2 Å². The normalized spacial score (nSPS) is 11.8. The summed E-state index contributed by atoms with van der Waals surface area (Å²) in [5, 5.41) is 15.2. The van der Waals surface area contributed by atoms with Crippen molar-refractivity contribution < 1.29 is 22.8 Å². The highest BCUT2D eigenvalue weighted by Crippen LogP contribution is 2.18.